The van der Waals surface area contributed by atoms with Crippen LogP contribution in [0.1, 0.15) is 22.3 Å². The topological polar surface area (TPSA) is 56.8 Å². The standard InChI is InChI=1S/C18H19NO4/c1-21-16-8-6-14(11-17(16)22-2)19-18(20)13-5-7-15-12(10-13)4-3-9-23-15/h5-8,10-11H,3-4,9H2,1-2H3,(H,19,20). The molecule has 0 saturated heterocycles. The summed E-state index contributed by atoms with van der Waals surface area (Å²) >= 11 is 0. The van der Waals surface area contributed by atoms with E-state index in [0.29, 0.717) is 22.7 Å². The molecule has 0 fully saturated rings. The van der Waals surface area contributed by atoms with E-state index in [1.54, 1.807) is 38.5 Å². The van der Waals surface area contributed by atoms with E-state index in [1.807, 2.05) is 12.1 Å². The number of hydrogen-bond acceptors (Lipinski definition) is 4. The lowest BCUT2D eigenvalue weighted by Gasteiger charge is -2.17. The highest BCUT2D eigenvalue weighted by molar-refractivity contribution is 6.04. The summed E-state index contributed by atoms with van der Waals surface area (Å²) in [4.78, 5) is 12.4. The van der Waals surface area contributed by atoms with Gasteiger partial charge in [0.05, 0.1) is 20.8 Å². The van der Waals surface area contributed by atoms with Crippen molar-refractivity contribution in [2.45, 2.75) is 12.8 Å². The van der Waals surface area contributed by atoms with Crippen LogP contribution >= 0.6 is 0 Å². The highest BCUT2D eigenvalue weighted by Gasteiger charge is 2.14. The van der Waals surface area contributed by atoms with E-state index in [2.05, 4.69) is 5.32 Å². The zero-order valence-corrected chi connectivity index (χ0v) is 13.2. The van der Waals surface area contributed by atoms with Gasteiger partial charge in [-0.3, -0.25) is 4.79 Å². The van der Waals surface area contributed by atoms with Crippen LogP contribution in [0, 0.1) is 0 Å². The number of amides is 1. The molecule has 1 aliphatic rings. The summed E-state index contributed by atoms with van der Waals surface area (Å²) in [5.74, 6) is 1.91. The van der Waals surface area contributed by atoms with Crippen molar-refractivity contribution in [3.8, 4) is 17.2 Å². The normalized spacial score (nSPS) is 12.8. The number of aryl methyl sites for hydroxylation is 1. The third kappa shape index (κ3) is 3.23. The Kier molecular flexibility index (Phi) is 4.37. The number of nitrogens with one attached hydrogen (secondary N) is 1. The van der Waals surface area contributed by atoms with Gasteiger partial charge >= 0.3 is 0 Å². The first-order valence-electron chi connectivity index (χ1n) is 7.50. The maximum Gasteiger partial charge on any atom is 0.255 e. The Morgan fingerprint density at radius 3 is 2.70 bits per heavy atom. The fraction of sp³-hybridized carbons (Fsp3) is 0.278. The van der Waals surface area contributed by atoms with Gasteiger partial charge in [0.2, 0.25) is 0 Å². The molecule has 3 rings (SSSR count). The Balaban J connectivity index is 1.79. The van der Waals surface area contributed by atoms with Crippen molar-refractivity contribution in [2.75, 3.05) is 26.1 Å². The Morgan fingerprint density at radius 1 is 1.09 bits per heavy atom. The average molecular weight is 313 g/mol. The smallest absolute Gasteiger partial charge is 0.255 e. The molecule has 5 nitrogen and oxygen atoms in total. The lowest BCUT2D eigenvalue weighted by atomic mass is 10.0. The van der Waals surface area contributed by atoms with Gasteiger partial charge < -0.3 is 19.5 Å². The summed E-state index contributed by atoms with van der Waals surface area (Å²) in [7, 11) is 3.14. The fourth-order valence-electron chi connectivity index (χ4n) is 2.62. The maximum atomic E-state index is 12.4. The van der Waals surface area contributed by atoms with E-state index in [9.17, 15) is 4.79 Å². The molecule has 0 spiro atoms. The number of methoxy groups -OCH3 is 2. The first-order chi connectivity index (χ1) is 11.2. The molecule has 2 aromatic rings. The first kappa shape index (κ1) is 15.2. The van der Waals surface area contributed by atoms with Crippen LogP contribution in [-0.4, -0.2) is 26.7 Å². The predicted molar refractivity (Wildman–Crippen MR) is 87.8 cm³/mol. The van der Waals surface area contributed by atoms with E-state index >= 15 is 0 Å². The van der Waals surface area contributed by atoms with E-state index in [1.165, 1.54) is 0 Å². The highest BCUT2D eigenvalue weighted by atomic mass is 16.5. The summed E-state index contributed by atoms with van der Waals surface area (Å²) in [6.45, 7) is 0.740. The Morgan fingerprint density at radius 2 is 1.91 bits per heavy atom. The van der Waals surface area contributed by atoms with E-state index in [0.717, 1.165) is 30.8 Å². The second kappa shape index (κ2) is 6.60. The van der Waals surface area contributed by atoms with Crippen molar-refractivity contribution in [3.63, 3.8) is 0 Å². The first-order valence-corrected chi connectivity index (χ1v) is 7.50. The van der Waals surface area contributed by atoms with Gasteiger partial charge in [-0.15, -0.1) is 0 Å². The summed E-state index contributed by atoms with van der Waals surface area (Å²) < 4.78 is 16.0. The molecule has 1 N–H and O–H groups in total. The Labute approximate surface area is 135 Å². The van der Waals surface area contributed by atoms with Crippen LogP contribution in [-0.2, 0) is 6.42 Å². The van der Waals surface area contributed by atoms with Crippen molar-refractivity contribution in [1.82, 2.24) is 0 Å². The zero-order valence-electron chi connectivity index (χ0n) is 13.2. The van der Waals surface area contributed by atoms with Gasteiger partial charge in [-0.1, -0.05) is 0 Å². The van der Waals surface area contributed by atoms with Crippen LogP contribution in [0.4, 0.5) is 5.69 Å². The molecule has 0 radical (unpaired) electrons. The SMILES string of the molecule is COc1ccc(NC(=O)c2ccc3c(c2)CCCO3)cc1OC. The molecule has 0 aromatic heterocycles. The van der Waals surface area contributed by atoms with Gasteiger partial charge in [-0.05, 0) is 48.7 Å². The monoisotopic (exact) mass is 313 g/mol. The summed E-state index contributed by atoms with van der Waals surface area (Å²) in [5, 5.41) is 2.88. The minimum Gasteiger partial charge on any atom is -0.493 e. The molecule has 0 bridgehead atoms. The van der Waals surface area contributed by atoms with Crippen molar-refractivity contribution < 1.29 is 19.0 Å². The van der Waals surface area contributed by atoms with Crippen LogP contribution in [0.15, 0.2) is 36.4 Å². The minimum absolute atomic E-state index is 0.161. The number of carbonyl (C=O) groups is 1. The number of carbonyl (C=O) groups excluding carboxylic acids is 1. The molecule has 2 aromatic carbocycles. The third-order valence-corrected chi connectivity index (χ3v) is 3.81. The van der Waals surface area contributed by atoms with E-state index < -0.39 is 0 Å². The molecule has 5 heteroatoms. The summed E-state index contributed by atoms with van der Waals surface area (Å²) in [6, 6.07) is 10.8. The van der Waals surface area contributed by atoms with Crippen LogP contribution in [0.2, 0.25) is 0 Å². The molecule has 120 valence electrons. The maximum absolute atomic E-state index is 12.4. The van der Waals surface area contributed by atoms with E-state index in [-0.39, 0.29) is 5.91 Å². The number of benzene rings is 2. The van der Waals surface area contributed by atoms with Crippen molar-refractivity contribution in [1.29, 1.82) is 0 Å². The van der Waals surface area contributed by atoms with Gasteiger partial charge in [0.1, 0.15) is 5.75 Å². The van der Waals surface area contributed by atoms with Crippen LogP contribution in [0.5, 0.6) is 17.2 Å². The minimum atomic E-state index is -0.161. The fourth-order valence-corrected chi connectivity index (χ4v) is 2.62. The van der Waals surface area contributed by atoms with Gasteiger partial charge in [-0.2, -0.15) is 0 Å². The van der Waals surface area contributed by atoms with Crippen molar-refractivity contribution in [3.05, 3.63) is 47.5 Å². The van der Waals surface area contributed by atoms with Gasteiger partial charge in [0, 0.05) is 17.3 Å². The van der Waals surface area contributed by atoms with Gasteiger partial charge in [0.15, 0.2) is 11.5 Å². The third-order valence-electron chi connectivity index (χ3n) is 3.81. The molecule has 23 heavy (non-hydrogen) atoms. The number of anilines is 1. The highest BCUT2D eigenvalue weighted by Crippen LogP contribution is 2.30. The van der Waals surface area contributed by atoms with Crippen molar-refractivity contribution in [2.24, 2.45) is 0 Å². The largest absolute Gasteiger partial charge is 0.493 e. The molecule has 1 amide bonds. The Bertz CT molecular complexity index is 727. The number of rotatable bonds is 4. The molecule has 0 aliphatic carbocycles. The number of hydrogen-bond donors (Lipinski definition) is 1. The Hall–Kier alpha value is -2.69. The zero-order chi connectivity index (χ0) is 16.2. The summed E-state index contributed by atoms with van der Waals surface area (Å²) in [5.41, 5.74) is 2.35. The summed E-state index contributed by atoms with van der Waals surface area (Å²) in [6.07, 6.45) is 1.92. The second-order valence-electron chi connectivity index (χ2n) is 5.30. The lowest BCUT2D eigenvalue weighted by Crippen LogP contribution is -2.14. The van der Waals surface area contributed by atoms with E-state index in [4.69, 9.17) is 14.2 Å². The molecule has 1 heterocycles. The molecular weight excluding hydrogens is 294 g/mol. The molecule has 1 aliphatic heterocycles. The lowest BCUT2D eigenvalue weighted by molar-refractivity contribution is 0.102. The predicted octanol–water partition coefficient (Wildman–Crippen LogP) is 3.28. The quantitative estimate of drug-likeness (QED) is 0.941. The molecular formula is C18H19NO4. The average Bonchev–Trinajstić information content (AvgIpc) is 2.61. The van der Waals surface area contributed by atoms with Gasteiger partial charge in [0.25, 0.3) is 5.91 Å². The van der Waals surface area contributed by atoms with Crippen LogP contribution in [0.3, 0.4) is 0 Å². The molecule has 0 atom stereocenters. The van der Waals surface area contributed by atoms with Crippen molar-refractivity contribution >= 4 is 11.6 Å². The molecule has 0 unspecified atom stereocenters. The second-order valence-corrected chi connectivity index (χ2v) is 5.30. The van der Waals surface area contributed by atoms with Crippen LogP contribution in [0.25, 0.3) is 0 Å². The number of fused-ring (bicyclic) bond motifs is 1. The molecule has 0 saturated carbocycles. The van der Waals surface area contributed by atoms with Gasteiger partial charge in [-0.25, -0.2) is 0 Å². The van der Waals surface area contributed by atoms with Crippen LogP contribution < -0.4 is 19.5 Å². The number of ether oxygens (including phenoxy) is 3.